The minimum atomic E-state index is -0.826. The first-order valence-corrected chi connectivity index (χ1v) is 6.78. The van der Waals surface area contributed by atoms with Crippen molar-refractivity contribution in [1.82, 2.24) is 9.80 Å². The second-order valence-corrected chi connectivity index (χ2v) is 4.42. The Morgan fingerprint density at radius 1 is 1.32 bits per heavy atom. The van der Waals surface area contributed by atoms with Crippen molar-refractivity contribution in [2.75, 3.05) is 32.8 Å². The molecule has 1 saturated heterocycles. The summed E-state index contributed by atoms with van der Waals surface area (Å²) in [6.07, 6.45) is 0.219. The highest BCUT2D eigenvalue weighted by Crippen LogP contribution is 2.16. The average molecular weight is 270 g/mol. The van der Waals surface area contributed by atoms with Crippen LogP contribution in [0.2, 0.25) is 0 Å². The van der Waals surface area contributed by atoms with Gasteiger partial charge in [-0.2, -0.15) is 0 Å². The molecule has 1 rings (SSSR count). The van der Waals surface area contributed by atoms with Crippen molar-refractivity contribution in [3.05, 3.63) is 0 Å². The molecule has 1 aliphatic rings. The lowest BCUT2D eigenvalue weighted by Gasteiger charge is -2.34. The third kappa shape index (κ3) is 3.68. The summed E-state index contributed by atoms with van der Waals surface area (Å²) in [6, 6.07) is -0.119. The quantitative estimate of drug-likeness (QED) is 0.562. The maximum Gasteiger partial charge on any atom is 0.320 e. The number of piperidine rings is 1. The Balaban J connectivity index is 2.71. The van der Waals surface area contributed by atoms with Crippen LogP contribution in [-0.2, 0) is 14.3 Å². The number of urea groups is 1. The molecule has 1 atom stereocenters. The molecule has 0 spiro atoms. The van der Waals surface area contributed by atoms with Crippen LogP contribution in [0.5, 0.6) is 0 Å². The third-order valence-corrected chi connectivity index (χ3v) is 3.30. The molecule has 0 aromatic rings. The van der Waals surface area contributed by atoms with Gasteiger partial charge in [-0.05, 0) is 20.8 Å². The molecule has 6 nitrogen and oxygen atoms in total. The molecule has 2 amide bonds. The summed E-state index contributed by atoms with van der Waals surface area (Å²) in [5.41, 5.74) is 0. The van der Waals surface area contributed by atoms with Crippen LogP contribution in [0.1, 0.15) is 27.2 Å². The number of Topliss-reactive ketones (excluding diaryl/α,β-unsaturated/α-hetero) is 1. The van der Waals surface area contributed by atoms with Crippen molar-refractivity contribution in [2.45, 2.75) is 27.2 Å². The van der Waals surface area contributed by atoms with Gasteiger partial charge < -0.3 is 14.5 Å². The van der Waals surface area contributed by atoms with E-state index in [1.807, 2.05) is 13.8 Å². The first-order valence-electron chi connectivity index (χ1n) is 6.78. The van der Waals surface area contributed by atoms with E-state index in [0.717, 1.165) is 0 Å². The number of likely N-dealkylation sites (tertiary alicyclic amines) is 1. The van der Waals surface area contributed by atoms with Crippen molar-refractivity contribution in [3.63, 3.8) is 0 Å². The van der Waals surface area contributed by atoms with E-state index >= 15 is 0 Å². The fourth-order valence-corrected chi connectivity index (χ4v) is 2.15. The van der Waals surface area contributed by atoms with Crippen LogP contribution < -0.4 is 0 Å². The maximum atomic E-state index is 12.2. The van der Waals surface area contributed by atoms with Crippen LogP contribution in [0.3, 0.4) is 0 Å². The van der Waals surface area contributed by atoms with E-state index < -0.39 is 11.9 Å². The smallest absolute Gasteiger partial charge is 0.320 e. The van der Waals surface area contributed by atoms with Crippen LogP contribution in [0.25, 0.3) is 0 Å². The Bertz CT molecular complexity index is 353. The van der Waals surface area contributed by atoms with Gasteiger partial charge in [0, 0.05) is 32.6 Å². The molecule has 108 valence electrons. The van der Waals surface area contributed by atoms with Crippen molar-refractivity contribution >= 4 is 17.8 Å². The lowest BCUT2D eigenvalue weighted by molar-refractivity contribution is -0.153. The van der Waals surface area contributed by atoms with Gasteiger partial charge in [-0.15, -0.1) is 0 Å². The van der Waals surface area contributed by atoms with E-state index in [1.54, 1.807) is 16.7 Å². The Morgan fingerprint density at radius 3 is 2.47 bits per heavy atom. The second-order valence-electron chi connectivity index (χ2n) is 4.42. The van der Waals surface area contributed by atoms with Gasteiger partial charge in [-0.1, -0.05) is 0 Å². The zero-order valence-corrected chi connectivity index (χ0v) is 11.8. The molecule has 1 aliphatic heterocycles. The van der Waals surface area contributed by atoms with Gasteiger partial charge in [0.15, 0.2) is 5.78 Å². The lowest BCUT2D eigenvalue weighted by Crippen LogP contribution is -2.51. The summed E-state index contributed by atoms with van der Waals surface area (Å²) in [4.78, 5) is 38.9. The number of hydrogen-bond acceptors (Lipinski definition) is 4. The Labute approximate surface area is 113 Å². The topological polar surface area (TPSA) is 66.9 Å². The van der Waals surface area contributed by atoms with Crippen molar-refractivity contribution in [2.24, 2.45) is 5.92 Å². The monoisotopic (exact) mass is 270 g/mol. The summed E-state index contributed by atoms with van der Waals surface area (Å²) in [5.74, 6) is -1.49. The molecule has 0 bridgehead atoms. The highest BCUT2D eigenvalue weighted by molar-refractivity contribution is 6.00. The van der Waals surface area contributed by atoms with E-state index in [2.05, 4.69) is 0 Å². The summed E-state index contributed by atoms with van der Waals surface area (Å²) in [6.45, 7) is 7.49. The summed E-state index contributed by atoms with van der Waals surface area (Å²) in [7, 11) is 0. The largest absolute Gasteiger partial charge is 0.465 e. The van der Waals surface area contributed by atoms with Gasteiger partial charge in [0.25, 0.3) is 0 Å². The van der Waals surface area contributed by atoms with E-state index in [9.17, 15) is 14.4 Å². The second kappa shape index (κ2) is 7.11. The molecule has 0 aromatic carbocycles. The number of nitrogens with zero attached hydrogens (tertiary/aromatic N) is 2. The van der Waals surface area contributed by atoms with Crippen LogP contribution in [-0.4, -0.2) is 60.4 Å². The molecule has 0 saturated carbocycles. The van der Waals surface area contributed by atoms with Crippen LogP contribution in [0.4, 0.5) is 4.79 Å². The maximum absolute atomic E-state index is 12.2. The molecular weight excluding hydrogens is 248 g/mol. The van der Waals surface area contributed by atoms with Gasteiger partial charge in [0.2, 0.25) is 0 Å². The first kappa shape index (κ1) is 15.5. The number of carbonyl (C=O) groups is 3. The Kier molecular flexibility index (Phi) is 5.79. The minimum Gasteiger partial charge on any atom is -0.465 e. The zero-order valence-electron chi connectivity index (χ0n) is 11.8. The summed E-state index contributed by atoms with van der Waals surface area (Å²) < 4.78 is 4.88. The molecule has 1 unspecified atom stereocenters. The SMILES string of the molecule is CCOC(=O)C1CN(C(=O)N(CC)CC)CCC1=O. The van der Waals surface area contributed by atoms with E-state index in [4.69, 9.17) is 4.74 Å². The number of amides is 2. The predicted molar refractivity (Wildman–Crippen MR) is 69.6 cm³/mol. The fraction of sp³-hybridized carbons (Fsp3) is 0.769. The third-order valence-electron chi connectivity index (χ3n) is 3.30. The average Bonchev–Trinajstić information content (AvgIpc) is 2.40. The fourth-order valence-electron chi connectivity index (χ4n) is 2.15. The van der Waals surface area contributed by atoms with Gasteiger partial charge in [0.05, 0.1) is 6.61 Å². The highest BCUT2D eigenvalue weighted by Gasteiger charge is 2.36. The normalized spacial score (nSPS) is 19.2. The molecule has 0 radical (unpaired) electrons. The molecule has 6 heteroatoms. The number of carbonyl (C=O) groups excluding carboxylic acids is 3. The van der Waals surface area contributed by atoms with Crippen molar-refractivity contribution in [3.8, 4) is 0 Å². The summed E-state index contributed by atoms with van der Waals surface area (Å²) in [5, 5.41) is 0. The lowest BCUT2D eigenvalue weighted by atomic mass is 9.97. The molecule has 19 heavy (non-hydrogen) atoms. The van der Waals surface area contributed by atoms with E-state index in [1.165, 1.54) is 0 Å². The van der Waals surface area contributed by atoms with Crippen molar-refractivity contribution in [1.29, 1.82) is 0 Å². The standard InChI is InChI=1S/C13H22N2O4/c1-4-14(5-2)13(18)15-8-7-11(16)10(9-15)12(17)19-6-3/h10H,4-9H2,1-3H3. The van der Waals surface area contributed by atoms with Gasteiger partial charge in [0.1, 0.15) is 5.92 Å². The molecule has 0 N–H and O–H groups in total. The molecule has 0 aromatic heterocycles. The number of ether oxygens (including phenoxy) is 1. The molecule has 1 heterocycles. The number of rotatable bonds is 4. The number of esters is 1. The van der Waals surface area contributed by atoms with E-state index in [-0.39, 0.29) is 31.4 Å². The van der Waals surface area contributed by atoms with E-state index in [0.29, 0.717) is 19.6 Å². The molecule has 0 aliphatic carbocycles. The van der Waals surface area contributed by atoms with Crippen LogP contribution in [0, 0.1) is 5.92 Å². The first-order chi connectivity index (χ1) is 9.04. The predicted octanol–water partition coefficient (Wildman–Crippen LogP) is 0.902. The molecule has 1 fully saturated rings. The Morgan fingerprint density at radius 2 is 1.95 bits per heavy atom. The molecular formula is C13H22N2O4. The van der Waals surface area contributed by atoms with Crippen molar-refractivity contribution < 1.29 is 19.1 Å². The highest BCUT2D eigenvalue weighted by atomic mass is 16.5. The number of hydrogen-bond donors (Lipinski definition) is 0. The van der Waals surface area contributed by atoms with Gasteiger partial charge in [-0.3, -0.25) is 9.59 Å². The Hall–Kier alpha value is -1.59. The van der Waals surface area contributed by atoms with Gasteiger partial charge in [-0.25, -0.2) is 4.79 Å². The van der Waals surface area contributed by atoms with Crippen LogP contribution >= 0.6 is 0 Å². The van der Waals surface area contributed by atoms with Gasteiger partial charge >= 0.3 is 12.0 Å². The minimum absolute atomic E-state index is 0.119. The zero-order chi connectivity index (χ0) is 14.4. The van der Waals surface area contributed by atoms with Crippen LogP contribution in [0.15, 0.2) is 0 Å². The number of ketones is 1. The summed E-state index contributed by atoms with van der Waals surface area (Å²) >= 11 is 0.